The zero-order valence-corrected chi connectivity index (χ0v) is 21.8. The summed E-state index contributed by atoms with van der Waals surface area (Å²) in [5.74, 6) is -0.0990. The molecule has 0 radical (unpaired) electrons. The summed E-state index contributed by atoms with van der Waals surface area (Å²) in [6.45, 7) is 3.59. The Kier molecular flexibility index (Phi) is 7.22. The number of anilines is 1. The number of sulfonamides is 1. The van der Waals surface area contributed by atoms with Crippen LogP contribution in [0, 0.1) is 5.92 Å². The van der Waals surface area contributed by atoms with Crippen molar-refractivity contribution < 1.29 is 27.9 Å². The van der Waals surface area contributed by atoms with E-state index >= 15 is 0 Å². The summed E-state index contributed by atoms with van der Waals surface area (Å²) in [4.78, 5) is 32.9. The lowest BCUT2D eigenvalue weighted by molar-refractivity contribution is -0.0225. The van der Waals surface area contributed by atoms with Crippen molar-refractivity contribution in [1.29, 1.82) is 0 Å². The molecule has 3 aromatic rings. The van der Waals surface area contributed by atoms with Gasteiger partial charge in [-0.3, -0.25) is 14.5 Å². The minimum absolute atomic E-state index is 0.0695. The van der Waals surface area contributed by atoms with Crippen LogP contribution >= 0.6 is 0 Å². The predicted octanol–water partition coefficient (Wildman–Crippen LogP) is 3.66. The van der Waals surface area contributed by atoms with Crippen molar-refractivity contribution in [1.82, 2.24) is 14.8 Å². The molecule has 2 aromatic carbocycles. The monoisotopic (exact) mass is 538 g/mol. The fourth-order valence-electron chi connectivity index (χ4n) is 5.58. The molecule has 2 aliphatic heterocycles. The van der Waals surface area contributed by atoms with Crippen LogP contribution in [0.5, 0.6) is 0 Å². The second-order valence-corrected chi connectivity index (χ2v) is 11.3. The summed E-state index contributed by atoms with van der Waals surface area (Å²) in [6.07, 6.45) is 2.08. The van der Waals surface area contributed by atoms with E-state index in [0.717, 1.165) is 12.8 Å². The maximum absolute atomic E-state index is 13.5. The average Bonchev–Trinajstić information content (AvgIpc) is 2.92. The molecule has 200 valence electrons. The van der Waals surface area contributed by atoms with Crippen LogP contribution in [-0.4, -0.2) is 78.7 Å². The third kappa shape index (κ3) is 5.03. The fourth-order valence-corrected chi connectivity index (χ4v) is 6.82. The average molecular weight is 539 g/mol. The molecular formula is C27H30N4O6S. The Morgan fingerprint density at radius 1 is 1.00 bits per heavy atom. The van der Waals surface area contributed by atoms with Crippen LogP contribution in [-0.2, 0) is 14.8 Å². The van der Waals surface area contributed by atoms with Crippen molar-refractivity contribution in [3.63, 3.8) is 0 Å². The highest BCUT2D eigenvalue weighted by Gasteiger charge is 2.43. The number of fused-ring (bicyclic) bond motifs is 1. The zero-order valence-electron chi connectivity index (χ0n) is 21.0. The third-order valence-electron chi connectivity index (χ3n) is 7.45. The normalized spacial score (nSPS) is 20.9. The van der Waals surface area contributed by atoms with E-state index in [-0.39, 0.29) is 41.9 Å². The van der Waals surface area contributed by atoms with Gasteiger partial charge in [-0.1, -0.05) is 18.2 Å². The second-order valence-electron chi connectivity index (χ2n) is 9.67. The number of para-hydroxylation sites is 1. The number of carbonyl (C=O) groups excluding carboxylic acids is 1. The molecule has 10 nitrogen and oxygen atoms in total. The van der Waals surface area contributed by atoms with Crippen molar-refractivity contribution in [2.24, 2.45) is 5.92 Å². The molecule has 5 rings (SSSR count). The van der Waals surface area contributed by atoms with Gasteiger partial charge in [-0.25, -0.2) is 13.2 Å². The molecule has 2 N–H and O–H groups in total. The van der Waals surface area contributed by atoms with E-state index < -0.39 is 16.1 Å². The van der Waals surface area contributed by atoms with E-state index in [1.54, 1.807) is 59.6 Å². The first-order valence-electron chi connectivity index (χ1n) is 12.6. The molecule has 2 fully saturated rings. The van der Waals surface area contributed by atoms with Crippen LogP contribution in [0.25, 0.3) is 10.9 Å². The second kappa shape index (κ2) is 10.6. The summed E-state index contributed by atoms with van der Waals surface area (Å²) in [5.41, 5.74) is 1.10. The molecule has 2 amide bonds. The molecule has 2 unspecified atom stereocenters. The molecule has 0 spiro atoms. The van der Waals surface area contributed by atoms with Crippen LogP contribution in [0.1, 0.15) is 30.1 Å². The van der Waals surface area contributed by atoms with Gasteiger partial charge < -0.3 is 19.6 Å². The number of hydrogen-bond donors (Lipinski definition) is 2. The van der Waals surface area contributed by atoms with Gasteiger partial charge in [0.2, 0.25) is 0 Å². The van der Waals surface area contributed by atoms with E-state index in [2.05, 4.69) is 9.71 Å². The van der Waals surface area contributed by atoms with Gasteiger partial charge in [0.15, 0.2) is 0 Å². The van der Waals surface area contributed by atoms with Gasteiger partial charge in [0, 0.05) is 49.1 Å². The summed E-state index contributed by atoms with van der Waals surface area (Å²) in [7, 11) is -3.92. The molecular weight excluding hydrogens is 508 g/mol. The number of benzene rings is 2. The Labute approximate surface area is 221 Å². The minimum atomic E-state index is -3.92. The van der Waals surface area contributed by atoms with Crippen molar-refractivity contribution in [2.75, 3.05) is 31.0 Å². The lowest BCUT2D eigenvalue weighted by Gasteiger charge is -2.49. The number of amides is 2. The van der Waals surface area contributed by atoms with Crippen LogP contribution < -0.4 is 4.72 Å². The SMILES string of the molecule is CC1C(C2CCOCC2)N(C(=O)O)CCN1C(=O)c1ccc(NS(=O)(=O)c2cccc3cccnc23)cc1. The van der Waals surface area contributed by atoms with Gasteiger partial charge in [0.25, 0.3) is 15.9 Å². The van der Waals surface area contributed by atoms with Gasteiger partial charge in [0.1, 0.15) is 4.90 Å². The number of rotatable bonds is 5. The van der Waals surface area contributed by atoms with Gasteiger partial charge in [-0.2, -0.15) is 0 Å². The van der Waals surface area contributed by atoms with Crippen molar-refractivity contribution in [3.8, 4) is 0 Å². The molecule has 0 saturated carbocycles. The third-order valence-corrected chi connectivity index (χ3v) is 8.87. The van der Waals surface area contributed by atoms with E-state index in [9.17, 15) is 23.1 Å². The van der Waals surface area contributed by atoms with Crippen LogP contribution in [0.15, 0.2) is 65.7 Å². The zero-order chi connectivity index (χ0) is 26.9. The minimum Gasteiger partial charge on any atom is -0.465 e. The predicted molar refractivity (Wildman–Crippen MR) is 142 cm³/mol. The summed E-state index contributed by atoms with van der Waals surface area (Å²) in [6, 6.07) is 14.2. The number of hydrogen-bond acceptors (Lipinski definition) is 6. The number of piperazine rings is 1. The molecule has 0 aliphatic carbocycles. The molecule has 3 heterocycles. The molecule has 2 saturated heterocycles. The first kappa shape index (κ1) is 25.9. The van der Waals surface area contributed by atoms with E-state index in [1.165, 1.54) is 11.0 Å². The van der Waals surface area contributed by atoms with Crippen LogP contribution in [0.4, 0.5) is 10.5 Å². The van der Waals surface area contributed by atoms with E-state index in [0.29, 0.717) is 35.4 Å². The highest BCUT2D eigenvalue weighted by Crippen LogP contribution is 2.31. The summed E-state index contributed by atoms with van der Waals surface area (Å²) >= 11 is 0. The Hall–Kier alpha value is -3.70. The van der Waals surface area contributed by atoms with Crippen molar-refractivity contribution in [3.05, 3.63) is 66.4 Å². The number of pyridine rings is 1. The highest BCUT2D eigenvalue weighted by molar-refractivity contribution is 7.93. The standard InChI is InChI=1S/C27H30N4O6S/c1-18-25(20-11-16-37-17-12-20)31(27(33)34)15-14-30(18)26(32)21-7-9-22(10-8-21)29-38(35,36)23-6-2-4-19-5-3-13-28-24(19)23/h2-10,13,18,20,25,29H,11-12,14-17H2,1H3,(H,33,34). The number of ether oxygens (including phenoxy) is 1. The molecule has 2 atom stereocenters. The highest BCUT2D eigenvalue weighted by atomic mass is 32.2. The number of carbonyl (C=O) groups is 2. The Bertz CT molecular complexity index is 1430. The van der Waals surface area contributed by atoms with Crippen LogP contribution in [0.2, 0.25) is 0 Å². The number of nitrogens with zero attached hydrogens (tertiary/aromatic N) is 3. The van der Waals surface area contributed by atoms with Crippen molar-refractivity contribution in [2.45, 2.75) is 36.7 Å². The molecule has 38 heavy (non-hydrogen) atoms. The van der Waals surface area contributed by atoms with Crippen molar-refractivity contribution >= 4 is 38.6 Å². The lowest BCUT2D eigenvalue weighted by Crippen LogP contribution is -2.63. The quantitative estimate of drug-likeness (QED) is 0.507. The fraction of sp³-hybridized carbons (Fsp3) is 0.370. The number of aromatic nitrogens is 1. The summed E-state index contributed by atoms with van der Waals surface area (Å²) in [5, 5.41) is 10.5. The lowest BCUT2D eigenvalue weighted by atomic mass is 9.84. The maximum Gasteiger partial charge on any atom is 0.407 e. The van der Waals surface area contributed by atoms with Gasteiger partial charge in [-0.05, 0) is 62.1 Å². The Morgan fingerprint density at radius 3 is 2.39 bits per heavy atom. The Morgan fingerprint density at radius 2 is 1.68 bits per heavy atom. The topological polar surface area (TPSA) is 129 Å². The van der Waals surface area contributed by atoms with E-state index in [4.69, 9.17) is 4.74 Å². The van der Waals surface area contributed by atoms with Gasteiger partial charge in [-0.15, -0.1) is 0 Å². The summed E-state index contributed by atoms with van der Waals surface area (Å²) < 4.78 is 34.3. The largest absolute Gasteiger partial charge is 0.465 e. The smallest absolute Gasteiger partial charge is 0.407 e. The molecule has 1 aromatic heterocycles. The van der Waals surface area contributed by atoms with E-state index in [1.807, 2.05) is 6.92 Å². The molecule has 0 bridgehead atoms. The Balaban J connectivity index is 1.33. The van der Waals surface area contributed by atoms with Gasteiger partial charge >= 0.3 is 6.09 Å². The first-order chi connectivity index (χ1) is 18.3. The van der Waals surface area contributed by atoms with Gasteiger partial charge in [0.05, 0.1) is 17.6 Å². The number of nitrogens with one attached hydrogen (secondary N) is 1. The number of carboxylic acid groups (broad SMARTS) is 1. The molecule has 2 aliphatic rings. The van der Waals surface area contributed by atoms with Crippen LogP contribution in [0.3, 0.4) is 0 Å². The first-order valence-corrected chi connectivity index (χ1v) is 14.1. The molecule has 11 heteroatoms. The maximum atomic E-state index is 13.5.